The molecule has 1 aromatic heterocycles. The van der Waals surface area contributed by atoms with Crippen LogP contribution >= 0.6 is 0 Å². The number of likely N-dealkylation sites (N-methyl/N-ethyl adjacent to an activating group) is 1. The summed E-state index contributed by atoms with van der Waals surface area (Å²) < 4.78 is 0. The van der Waals surface area contributed by atoms with Gasteiger partial charge in [0, 0.05) is 25.2 Å². The molecule has 106 valence electrons. The van der Waals surface area contributed by atoms with E-state index < -0.39 is 4.92 Å². The number of hydrogen-bond donors (Lipinski definition) is 1. The zero-order valence-corrected chi connectivity index (χ0v) is 12.0. The van der Waals surface area contributed by atoms with Gasteiger partial charge in [0.15, 0.2) is 0 Å². The van der Waals surface area contributed by atoms with E-state index in [4.69, 9.17) is 0 Å². The van der Waals surface area contributed by atoms with Crippen LogP contribution in [0.3, 0.4) is 0 Å². The lowest BCUT2D eigenvalue weighted by molar-refractivity contribution is -0.385. The lowest BCUT2D eigenvalue weighted by atomic mass is 10.2. The van der Waals surface area contributed by atoms with Gasteiger partial charge < -0.3 is 10.2 Å². The van der Waals surface area contributed by atoms with Crippen LogP contribution in [0.2, 0.25) is 0 Å². The normalized spacial score (nSPS) is 12.5. The number of nitro groups is 1. The number of hydrogen-bond acceptors (Lipinski definition) is 5. The van der Waals surface area contributed by atoms with Crippen LogP contribution in [0.15, 0.2) is 12.1 Å². The Morgan fingerprint density at radius 3 is 2.74 bits per heavy atom. The van der Waals surface area contributed by atoms with Gasteiger partial charge in [-0.3, -0.25) is 10.1 Å². The molecule has 6 heteroatoms. The molecule has 0 spiro atoms. The van der Waals surface area contributed by atoms with Crippen LogP contribution < -0.4 is 5.32 Å². The van der Waals surface area contributed by atoms with E-state index >= 15 is 0 Å². The molecule has 1 heterocycles. The molecule has 0 saturated heterocycles. The molecule has 1 rings (SSSR count). The third kappa shape index (κ3) is 4.48. The molecule has 6 nitrogen and oxygen atoms in total. The van der Waals surface area contributed by atoms with E-state index in [0.29, 0.717) is 17.6 Å². The zero-order valence-electron chi connectivity index (χ0n) is 12.0. The average molecular weight is 266 g/mol. The van der Waals surface area contributed by atoms with Gasteiger partial charge >= 0.3 is 0 Å². The molecule has 0 aromatic carbocycles. The third-order valence-corrected chi connectivity index (χ3v) is 3.37. The maximum atomic E-state index is 10.7. The summed E-state index contributed by atoms with van der Waals surface area (Å²) >= 11 is 0. The van der Waals surface area contributed by atoms with Crippen molar-refractivity contribution in [2.45, 2.75) is 33.2 Å². The van der Waals surface area contributed by atoms with Crippen LogP contribution in [0.25, 0.3) is 0 Å². The van der Waals surface area contributed by atoms with Crippen molar-refractivity contribution >= 4 is 11.5 Å². The summed E-state index contributed by atoms with van der Waals surface area (Å²) in [5.74, 6) is 0.681. The van der Waals surface area contributed by atoms with E-state index in [1.165, 1.54) is 6.07 Å². The van der Waals surface area contributed by atoms with Crippen LogP contribution in [0.4, 0.5) is 11.5 Å². The van der Waals surface area contributed by atoms with E-state index in [9.17, 15) is 10.1 Å². The highest BCUT2D eigenvalue weighted by molar-refractivity contribution is 5.44. The number of aryl methyl sites for hydroxylation is 1. The molecule has 0 saturated carbocycles. The van der Waals surface area contributed by atoms with E-state index in [2.05, 4.69) is 36.1 Å². The van der Waals surface area contributed by atoms with Crippen molar-refractivity contribution in [1.82, 2.24) is 9.88 Å². The Morgan fingerprint density at radius 2 is 2.21 bits per heavy atom. The fourth-order valence-electron chi connectivity index (χ4n) is 1.74. The van der Waals surface area contributed by atoms with Gasteiger partial charge in [0.25, 0.3) is 5.69 Å². The van der Waals surface area contributed by atoms with Gasteiger partial charge in [-0.1, -0.05) is 6.92 Å². The molecular formula is C13H22N4O2. The molecule has 1 atom stereocenters. The van der Waals surface area contributed by atoms with Crippen molar-refractivity contribution in [2.24, 2.45) is 0 Å². The van der Waals surface area contributed by atoms with Crippen LogP contribution in [0, 0.1) is 17.0 Å². The minimum Gasteiger partial charge on any atom is -0.369 e. The smallest absolute Gasteiger partial charge is 0.290 e. The Morgan fingerprint density at radius 1 is 1.53 bits per heavy atom. The number of rotatable bonds is 7. The van der Waals surface area contributed by atoms with Crippen molar-refractivity contribution < 1.29 is 4.92 Å². The maximum absolute atomic E-state index is 10.7. The molecule has 0 radical (unpaired) electrons. The number of nitrogens with one attached hydrogen (secondary N) is 1. The fourth-order valence-corrected chi connectivity index (χ4v) is 1.74. The van der Waals surface area contributed by atoms with Crippen molar-refractivity contribution in [3.63, 3.8) is 0 Å². The van der Waals surface area contributed by atoms with Gasteiger partial charge in [-0.25, -0.2) is 4.98 Å². The molecule has 0 aliphatic rings. The van der Waals surface area contributed by atoms with Crippen molar-refractivity contribution in [2.75, 3.05) is 25.5 Å². The highest BCUT2D eigenvalue weighted by atomic mass is 16.6. The summed E-state index contributed by atoms with van der Waals surface area (Å²) in [6.45, 7) is 7.68. The molecule has 0 bridgehead atoms. The second-order valence-electron chi connectivity index (χ2n) is 4.72. The molecule has 1 unspecified atom stereocenters. The first-order valence-corrected chi connectivity index (χ1v) is 6.51. The topological polar surface area (TPSA) is 71.3 Å². The summed E-state index contributed by atoms with van der Waals surface area (Å²) in [4.78, 5) is 16.7. The van der Waals surface area contributed by atoms with Crippen molar-refractivity contribution in [3.05, 3.63) is 27.9 Å². The first-order chi connectivity index (χ1) is 8.95. The lowest BCUT2D eigenvalue weighted by Gasteiger charge is -2.23. The van der Waals surface area contributed by atoms with Gasteiger partial charge in [0.2, 0.25) is 0 Å². The Hall–Kier alpha value is -1.69. The first-order valence-electron chi connectivity index (χ1n) is 6.51. The predicted molar refractivity (Wildman–Crippen MR) is 76.5 cm³/mol. The van der Waals surface area contributed by atoms with Crippen LogP contribution in [0.5, 0.6) is 0 Å². The number of nitrogens with zero attached hydrogens (tertiary/aromatic N) is 3. The van der Waals surface area contributed by atoms with E-state index in [1.807, 2.05) is 0 Å². The standard InChI is InChI=1S/C13H22N4O2/c1-5-10(2)16(4)9-8-14-13-7-6-12(17(18)19)11(3)15-13/h6-7,10H,5,8-9H2,1-4H3,(H,14,15). The minimum absolute atomic E-state index is 0.0577. The average Bonchev–Trinajstić information content (AvgIpc) is 2.37. The summed E-state index contributed by atoms with van der Waals surface area (Å²) in [7, 11) is 2.09. The van der Waals surface area contributed by atoms with Crippen LogP contribution in [-0.2, 0) is 0 Å². The van der Waals surface area contributed by atoms with Gasteiger partial charge in [-0.05, 0) is 33.4 Å². The van der Waals surface area contributed by atoms with Gasteiger partial charge in [-0.2, -0.15) is 0 Å². The predicted octanol–water partition coefficient (Wildman–Crippen LogP) is 2.44. The van der Waals surface area contributed by atoms with Crippen LogP contribution in [0.1, 0.15) is 26.0 Å². The Kier molecular flexibility index (Phi) is 5.69. The second-order valence-corrected chi connectivity index (χ2v) is 4.72. The van der Waals surface area contributed by atoms with Gasteiger partial charge in [0.05, 0.1) is 4.92 Å². The van der Waals surface area contributed by atoms with Crippen LogP contribution in [-0.4, -0.2) is 41.0 Å². The monoisotopic (exact) mass is 266 g/mol. The van der Waals surface area contributed by atoms with Gasteiger partial charge in [0.1, 0.15) is 11.5 Å². The van der Waals surface area contributed by atoms with Gasteiger partial charge in [-0.15, -0.1) is 0 Å². The highest BCUT2D eigenvalue weighted by Crippen LogP contribution is 2.17. The molecule has 19 heavy (non-hydrogen) atoms. The Balaban J connectivity index is 2.51. The van der Waals surface area contributed by atoms with E-state index in [-0.39, 0.29) is 5.69 Å². The maximum Gasteiger partial charge on any atom is 0.290 e. The summed E-state index contributed by atoms with van der Waals surface area (Å²) in [5.41, 5.74) is 0.493. The molecular weight excluding hydrogens is 244 g/mol. The summed E-state index contributed by atoms with van der Waals surface area (Å²) in [5, 5.41) is 13.9. The number of aromatic nitrogens is 1. The summed E-state index contributed by atoms with van der Waals surface area (Å²) in [6.07, 6.45) is 1.12. The number of pyridine rings is 1. The molecule has 0 amide bonds. The van der Waals surface area contributed by atoms with Crippen molar-refractivity contribution in [1.29, 1.82) is 0 Å². The van der Waals surface area contributed by atoms with Crippen molar-refractivity contribution in [3.8, 4) is 0 Å². The molecule has 0 aliphatic heterocycles. The fraction of sp³-hybridized carbons (Fsp3) is 0.615. The Labute approximate surface area is 114 Å². The van der Waals surface area contributed by atoms with E-state index in [1.54, 1.807) is 13.0 Å². The second kappa shape index (κ2) is 7.04. The SMILES string of the molecule is CCC(C)N(C)CCNc1ccc([N+](=O)[O-])c(C)n1. The lowest BCUT2D eigenvalue weighted by Crippen LogP contribution is -2.32. The third-order valence-electron chi connectivity index (χ3n) is 3.37. The minimum atomic E-state index is -0.414. The zero-order chi connectivity index (χ0) is 14.4. The molecule has 0 fully saturated rings. The molecule has 0 aliphatic carbocycles. The number of anilines is 1. The molecule has 1 aromatic rings. The van der Waals surface area contributed by atoms with E-state index in [0.717, 1.165) is 19.5 Å². The summed E-state index contributed by atoms with van der Waals surface area (Å²) in [6, 6.07) is 3.69. The Bertz CT molecular complexity index is 437. The highest BCUT2D eigenvalue weighted by Gasteiger charge is 2.11. The quantitative estimate of drug-likeness (QED) is 0.606. The molecule has 1 N–H and O–H groups in total. The first kappa shape index (κ1) is 15.4. The largest absolute Gasteiger partial charge is 0.369 e.